The summed E-state index contributed by atoms with van der Waals surface area (Å²) in [6.07, 6.45) is 4.59. The number of anilines is 1. The van der Waals surface area contributed by atoms with Crippen LogP contribution in [0, 0.1) is 0 Å². The Hall–Kier alpha value is -1.35. The summed E-state index contributed by atoms with van der Waals surface area (Å²) in [5.74, 6) is 0.120. The monoisotopic (exact) mass is 232 g/mol. The van der Waals surface area contributed by atoms with Gasteiger partial charge in [-0.2, -0.15) is 0 Å². The number of hydrogen-bond acceptors (Lipinski definition) is 2. The maximum absolute atomic E-state index is 11.4. The molecular weight excluding hydrogens is 212 g/mol. The topological polar surface area (TPSA) is 55.1 Å². The van der Waals surface area contributed by atoms with Crippen molar-refractivity contribution in [2.45, 2.75) is 45.1 Å². The Morgan fingerprint density at radius 1 is 1.41 bits per heavy atom. The summed E-state index contributed by atoms with van der Waals surface area (Å²) in [6, 6.07) is 6.29. The summed E-state index contributed by atoms with van der Waals surface area (Å²) in [6.45, 7) is 2.14. The molecule has 3 nitrogen and oxygen atoms in total. The minimum atomic E-state index is 0.115. The Balaban J connectivity index is 2.24. The predicted molar refractivity (Wildman–Crippen MR) is 69.8 cm³/mol. The molecule has 17 heavy (non-hydrogen) atoms. The molecule has 1 heterocycles. The van der Waals surface area contributed by atoms with Gasteiger partial charge in [0, 0.05) is 18.2 Å². The summed E-state index contributed by atoms with van der Waals surface area (Å²) < 4.78 is 0. The lowest BCUT2D eigenvalue weighted by Crippen LogP contribution is -2.12. The van der Waals surface area contributed by atoms with Crippen LogP contribution in [-0.2, 0) is 11.2 Å². The minimum absolute atomic E-state index is 0.115. The first kappa shape index (κ1) is 12.1. The van der Waals surface area contributed by atoms with E-state index in [1.54, 1.807) is 0 Å². The third-order valence-corrected chi connectivity index (χ3v) is 3.28. The maximum Gasteiger partial charge on any atom is 0.224 e. The zero-order valence-electron chi connectivity index (χ0n) is 10.3. The summed E-state index contributed by atoms with van der Waals surface area (Å²) in [4.78, 5) is 11.4. The molecule has 0 saturated carbocycles. The van der Waals surface area contributed by atoms with Gasteiger partial charge in [0.2, 0.25) is 5.91 Å². The third kappa shape index (κ3) is 2.86. The van der Waals surface area contributed by atoms with Crippen LogP contribution in [0.25, 0.3) is 0 Å². The van der Waals surface area contributed by atoms with E-state index in [0.29, 0.717) is 6.42 Å². The SMILES string of the molecule is CCCC(N)c1ccc2c(c1)CCCC(=O)N2. The summed E-state index contributed by atoms with van der Waals surface area (Å²) >= 11 is 0. The largest absolute Gasteiger partial charge is 0.326 e. The van der Waals surface area contributed by atoms with Gasteiger partial charge in [0.1, 0.15) is 0 Å². The molecule has 0 aliphatic carbocycles. The van der Waals surface area contributed by atoms with Crippen molar-refractivity contribution in [3.63, 3.8) is 0 Å². The molecule has 92 valence electrons. The van der Waals surface area contributed by atoms with Gasteiger partial charge in [-0.1, -0.05) is 25.5 Å². The fraction of sp³-hybridized carbons (Fsp3) is 0.500. The van der Waals surface area contributed by atoms with E-state index in [0.717, 1.165) is 31.4 Å². The molecule has 0 radical (unpaired) electrons. The summed E-state index contributed by atoms with van der Waals surface area (Å²) in [5.41, 5.74) is 9.48. The fourth-order valence-electron chi connectivity index (χ4n) is 2.30. The van der Waals surface area contributed by atoms with E-state index in [1.165, 1.54) is 11.1 Å². The molecule has 1 unspecified atom stereocenters. The minimum Gasteiger partial charge on any atom is -0.326 e. The van der Waals surface area contributed by atoms with E-state index in [4.69, 9.17) is 5.73 Å². The average molecular weight is 232 g/mol. The van der Waals surface area contributed by atoms with Gasteiger partial charge in [0.15, 0.2) is 0 Å². The highest BCUT2D eigenvalue weighted by Crippen LogP contribution is 2.26. The molecule has 2 rings (SSSR count). The van der Waals surface area contributed by atoms with Crippen molar-refractivity contribution < 1.29 is 4.79 Å². The van der Waals surface area contributed by atoms with Crippen molar-refractivity contribution >= 4 is 11.6 Å². The molecule has 0 aromatic heterocycles. The quantitative estimate of drug-likeness (QED) is 0.842. The zero-order valence-corrected chi connectivity index (χ0v) is 10.3. The molecule has 1 aromatic rings. The van der Waals surface area contributed by atoms with E-state index in [1.807, 2.05) is 12.1 Å². The summed E-state index contributed by atoms with van der Waals surface area (Å²) in [7, 11) is 0. The lowest BCUT2D eigenvalue weighted by Gasteiger charge is -2.14. The van der Waals surface area contributed by atoms with Crippen molar-refractivity contribution in [3.8, 4) is 0 Å². The van der Waals surface area contributed by atoms with E-state index in [9.17, 15) is 4.79 Å². The van der Waals surface area contributed by atoms with Crippen LogP contribution in [0.15, 0.2) is 18.2 Å². The number of carbonyl (C=O) groups excluding carboxylic acids is 1. The Kier molecular flexibility index (Phi) is 3.79. The van der Waals surface area contributed by atoms with Crippen LogP contribution in [0.2, 0.25) is 0 Å². The molecule has 0 fully saturated rings. The van der Waals surface area contributed by atoms with E-state index in [-0.39, 0.29) is 11.9 Å². The maximum atomic E-state index is 11.4. The number of nitrogens with one attached hydrogen (secondary N) is 1. The van der Waals surface area contributed by atoms with Gasteiger partial charge >= 0.3 is 0 Å². The van der Waals surface area contributed by atoms with Crippen LogP contribution >= 0.6 is 0 Å². The van der Waals surface area contributed by atoms with Crippen molar-refractivity contribution in [2.75, 3.05) is 5.32 Å². The van der Waals surface area contributed by atoms with Gasteiger partial charge in [-0.3, -0.25) is 4.79 Å². The van der Waals surface area contributed by atoms with Gasteiger partial charge < -0.3 is 11.1 Å². The molecule has 0 bridgehead atoms. The smallest absolute Gasteiger partial charge is 0.224 e. The number of amides is 1. The second kappa shape index (κ2) is 5.32. The Morgan fingerprint density at radius 2 is 2.24 bits per heavy atom. The van der Waals surface area contributed by atoms with Gasteiger partial charge in [0.05, 0.1) is 0 Å². The highest BCUT2D eigenvalue weighted by Gasteiger charge is 2.14. The van der Waals surface area contributed by atoms with Gasteiger partial charge in [-0.15, -0.1) is 0 Å². The standard InChI is InChI=1S/C14H20N2O/c1-2-4-12(15)10-7-8-13-11(9-10)5-3-6-14(17)16-13/h7-9,12H,2-6,15H2,1H3,(H,16,17). The van der Waals surface area contributed by atoms with Crippen LogP contribution in [0.3, 0.4) is 0 Å². The van der Waals surface area contributed by atoms with Crippen LogP contribution in [0.4, 0.5) is 5.69 Å². The fourth-order valence-corrected chi connectivity index (χ4v) is 2.30. The second-order valence-electron chi connectivity index (χ2n) is 4.71. The Morgan fingerprint density at radius 3 is 3.00 bits per heavy atom. The Labute approximate surface area is 102 Å². The molecule has 3 N–H and O–H groups in total. The third-order valence-electron chi connectivity index (χ3n) is 3.28. The summed E-state index contributed by atoms with van der Waals surface area (Å²) in [5, 5.41) is 2.94. The number of aryl methyl sites for hydroxylation is 1. The number of hydrogen-bond donors (Lipinski definition) is 2. The van der Waals surface area contributed by atoms with Gasteiger partial charge in [-0.25, -0.2) is 0 Å². The normalized spacial score (nSPS) is 16.9. The molecule has 1 atom stereocenters. The molecule has 1 aromatic carbocycles. The van der Waals surface area contributed by atoms with Crippen LogP contribution in [-0.4, -0.2) is 5.91 Å². The first-order chi connectivity index (χ1) is 8.20. The highest BCUT2D eigenvalue weighted by molar-refractivity contribution is 5.92. The van der Waals surface area contributed by atoms with Gasteiger partial charge in [-0.05, 0) is 36.5 Å². The number of nitrogens with two attached hydrogens (primary N) is 1. The molecule has 1 amide bonds. The zero-order chi connectivity index (χ0) is 12.3. The second-order valence-corrected chi connectivity index (χ2v) is 4.71. The number of rotatable bonds is 3. The first-order valence-corrected chi connectivity index (χ1v) is 6.39. The van der Waals surface area contributed by atoms with Gasteiger partial charge in [0.25, 0.3) is 0 Å². The lowest BCUT2D eigenvalue weighted by molar-refractivity contribution is -0.116. The molecule has 1 aliphatic rings. The van der Waals surface area contributed by atoms with Crippen molar-refractivity contribution in [1.29, 1.82) is 0 Å². The number of carbonyl (C=O) groups is 1. The molecular formula is C14H20N2O. The van der Waals surface area contributed by atoms with Crippen molar-refractivity contribution in [2.24, 2.45) is 5.73 Å². The van der Waals surface area contributed by atoms with E-state index in [2.05, 4.69) is 18.3 Å². The van der Waals surface area contributed by atoms with Crippen molar-refractivity contribution in [3.05, 3.63) is 29.3 Å². The van der Waals surface area contributed by atoms with Crippen LogP contribution in [0.5, 0.6) is 0 Å². The number of fused-ring (bicyclic) bond motifs is 1. The molecule has 1 aliphatic heterocycles. The predicted octanol–water partition coefficient (Wildman–Crippen LogP) is 2.76. The van der Waals surface area contributed by atoms with Crippen LogP contribution < -0.4 is 11.1 Å². The highest BCUT2D eigenvalue weighted by atomic mass is 16.1. The molecule has 3 heteroatoms. The van der Waals surface area contributed by atoms with E-state index >= 15 is 0 Å². The Bertz CT molecular complexity index is 415. The number of benzene rings is 1. The molecule has 0 spiro atoms. The first-order valence-electron chi connectivity index (χ1n) is 6.39. The van der Waals surface area contributed by atoms with E-state index < -0.39 is 0 Å². The van der Waals surface area contributed by atoms with Crippen molar-refractivity contribution in [1.82, 2.24) is 0 Å². The average Bonchev–Trinajstić information content (AvgIpc) is 2.49. The lowest BCUT2D eigenvalue weighted by atomic mass is 9.98. The molecule has 0 saturated heterocycles. The van der Waals surface area contributed by atoms with Crippen LogP contribution in [0.1, 0.15) is 49.8 Å².